The van der Waals surface area contributed by atoms with Gasteiger partial charge in [0, 0.05) is 18.0 Å². The van der Waals surface area contributed by atoms with Gasteiger partial charge in [0.05, 0.1) is 17.2 Å². The van der Waals surface area contributed by atoms with Crippen LogP contribution in [0.15, 0.2) is 30.6 Å². The first kappa shape index (κ1) is 15.2. The molecule has 0 saturated heterocycles. The number of rotatable bonds is 4. The Labute approximate surface area is 125 Å². The molecule has 0 aliphatic heterocycles. The van der Waals surface area contributed by atoms with Gasteiger partial charge < -0.3 is 5.32 Å². The molecule has 2 aromatic rings. The minimum absolute atomic E-state index is 0.0534. The maximum atomic E-state index is 13.2. The molecule has 5 nitrogen and oxygen atoms in total. The molecule has 110 valence electrons. The van der Waals surface area contributed by atoms with Crippen LogP contribution in [0.5, 0.6) is 0 Å². The van der Waals surface area contributed by atoms with Gasteiger partial charge in [0.25, 0.3) is 5.69 Å². The van der Waals surface area contributed by atoms with Crippen LogP contribution in [0.3, 0.4) is 0 Å². The number of nitrogens with zero attached hydrogens (tertiary/aromatic N) is 2. The highest BCUT2D eigenvalue weighted by atomic mass is 35.5. The van der Waals surface area contributed by atoms with Crippen LogP contribution >= 0.6 is 11.6 Å². The average molecular weight is 310 g/mol. The van der Waals surface area contributed by atoms with Crippen molar-refractivity contribution in [3.63, 3.8) is 0 Å². The maximum Gasteiger partial charge on any atom is 0.288 e. The van der Waals surface area contributed by atoms with Crippen LogP contribution in [0.2, 0.25) is 5.02 Å². The lowest BCUT2D eigenvalue weighted by molar-refractivity contribution is -0.384. The molecule has 1 aromatic carbocycles. The fraction of sp³-hybridized carbons (Fsp3) is 0.214. The van der Waals surface area contributed by atoms with Gasteiger partial charge in [0.15, 0.2) is 0 Å². The van der Waals surface area contributed by atoms with Gasteiger partial charge in [-0.15, -0.1) is 0 Å². The quantitative estimate of drug-likeness (QED) is 0.676. The third-order valence-electron chi connectivity index (χ3n) is 3.09. The Kier molecular flexibility index (Phi) is 4.37. The second-order valence-electron chi connectivity index (χ2n) is 4.68. The number of aromatic nitrogens is 1. The van der Waals surface area contributed by atoms with E-state index in [0.717, 1.165) is 6.20 Å². The van der Waals surface area contributed by atoms with Crippen LogP contribution in [0.25, 0.3) is 0 Å². The molecule has 2 rings (SSSR count). The van der Waals surface area contributed by atoms with Crippen molar-refractivity contribution in [3.05, 3.63) is 62.7 Å². The molecule has 21 heavy (non-hydrogen) atoms. The number of nitrogens with one attached hydrogen (secondary N) is 1. The minimum atomic E-state index is -0.529. The first-order valence-corrected chi connectivity index (χ1v) is 6.58. The van der Waals surface area contributed by atoms with E-state index < -0.39 is 10.7 Å². The molecule has 0 amide bonds. The summed E-state index contributed by atoms with van der Waals surface area (Å²) in [7, 11) is 0. The summed E-state index contributed by atoms with van der Waals surface area (Å²) < 4.78 is 13.2. The molecule has 0 aliphatic rings. The van der Waals surface area contributed by atoms with Crippen LogP contribution in [0.1, 0.15) is 24.1 Å². The molecule has 0 aliphatic carbocycles. The van der Waals surface area contributed by atoms with Gasteiger partial charge >= 0.3 is 0 Å². The van der Waals surface area contributed by atoms with E-state index in [1.807, 2.05) is 6.92 Å². The van der Waals surface area contributed by atoms with E-state index in [1.165, 1.54) is 18.2 Å². The predicted octanol–water partition coefficient (Wildman–Crippen LogP) is 4.26. The summed E-state index contributed by atoms with van der Waals surface area (Å²) in [5.74, 6) is -0.417. The summed E-state index contributed by atoms with van der Waals surface area (Å²) in [6, 6.07) is 4.07. The molecule has 1 aromatic heterocycles. The van der Waals surface area contributed by atoms with Crippen LogP contribution in [-0.4, -0.2) is 9.91 Å². The van der Waals surface area contributed by atoms with Gasteiger partial charge in [0.2, 0.25) is 0 Å². The van der Waals surface area contributed by atoms with Gasteiger partial charge in [0.1, 0.15) is 10.8 Å². The fourth-order valence-electron chi connectivity index (χ4n) is 1.94. The van der Waals surface area contributed by atoms with Gasteiger partial charge in [-0.3, -0.25) is 15.1 Å². The molecular weight excluding hydrogens is 297 g/mol. The standard InChI is InChI=1S/C14H13ClFN3O2/c1-8-3-14(19(20)21)12(15)5-13(8)18-9(2)10-4-11(16)7-17-6-10/h3-7,9,18H,1-2H3. The van der Waals surface area contributed by atoms with Gasteiger partial charge in [-0.1, -0.05) is 11.6 Å². The lowest BCUT2D eigenvalue weighted by Crippen LogP contribution is -2.08. The Hall–Kier alpha value is -2.21. The molecule has 0 spiro atoms. The Bertz CT molecular complexity index is 694. The SMILES string of the molecule is Cc1cc([N+](=O)[O-])c(Cl)cc1NC(C)c1cncc(F)c1. The van der Waals surface area contributed by atoms with E-state index in [9.17, 15) is 14.5 Å². The van der Waals surface area contributed by atoms with Crippen molar-refractivity contribution in [2.24, 2.45) is 0 Å². The van der Waals surface area contributed by atoms with E-state index in [4.69, 9.17) is 11.6 Å². The summed E-state index contributed by atoms with van der Waals surface area (Å²) in [5, 5.41) is 14.0. The summed E-state index contributed by atoms with van der Waals surface area (Å²) in [6.07, 6.45) is 2.69. The Morgan fingerprint density at radius 3 is 2.71 bits per heavy atom. The molecule has 0 radical (unpaired) electrons. The van der Waals surface area contributed by atoms with Crippen molar-refractivity contribution >= 4 is 23.0 Å². The summed E-state index contributed by atoms with van der Waals surface area (Å²) in [4.78, 5) is 14.1. The van der Waals surface area contributed by atoms with Crippen molar-refractivity contribution in [1.82, 2.24) is 4.98 Å². The van der Waals surface area contributed by atoms with Crippen molar-refractivity contribution < 1.29 is 9.31 Å². The number of benzene rings is 1. The number of hydrogen-bond acceptors (Lipinski definition) is 4. The summed E-state index contributed by atoms with van der Waals surface area (Å²) in [5.41, 5.74) is 1.87. The highest BCUT2D eigenvalue weighted by Gasteiger charge is 2.16. The summed E-state index contributed by atoms with van der Waals surface area (Å²) in [6.45, 7) is 3.58. The number of anilines is 1. The monoisotopic (exact) mass is 309 g/mol. The lowest BCUT2D eigenvalue weighted by Gasteiger charge is -2.17. The lowest BCUT2D eigenvalue weighted by atomic mass is 10.1. The topological polar surface area (TPSA) is 68.1 Å². The number of nitro benzene ring substituents is 1. The van der Waals surface area contributed by atoms with Crippen molar-refractivity contribution in [2.75, 3.05) is 5.32 Å². The molecule has 7 heteroatoms. The molecule has 0 fully saturated rings. The zero-order chi connectivity index (χ0) is 15.6. The third kappa shape index (κ3) is 3.46. The number of pyridine rings is 1. The van der Waals surface area contributed by atoms with E-state index >= 15 is 0 Å². The van der Waals surface area contributed by atoms with Crippen molar-refractivity contribution in [2.45, 2.75) is 19.9 Å². The Balaban J connectivity index is 2.27. The van der Waals surface area contributed by atoms with Crippen LogP contribution < -0.4 is 5.32 Å². The average Bonchev–Trinajstić information content (AvgIpc) is 2.42. The van der Waals surface area contributed by atoms with E-state index in [1.54, 1.807) is 13.1 Å². The minimum Gasteiger partial charge on any atom is -0.378 e. The van der Waals surface area contributed by atoms with Crippen molar-refractivity contribution in [3.8, 4) is 0 Å². The summed E-state index contributed by atoms with van der Waals surface area (Å²) >= 11 is 5.90. The van der Waals surface area contributed by atoms with Gasteiger partial charge in [-0.05, 0) is 37.1 Å². The second-order valence-corrected chi connectivity index (χ2v) is 5.09. The maximum absolute atomic E-state index is 13.2. The molecular formula is C14H13ClFN3O2. The molecule has 1 heterocycles. The first-order chi connectivity index (χ1) is 9.88. The third-order valence-corrected chi connectivity index (χ3v) is 3.39. The van der Waals surface area contributed by atoms with Gasteiger partial charge in [-0.2, -0.15) is 0 Å². The highest BCUT2D eigenvalue weighted by molar-refractivity contribution is 6.33. The molecule has 1 atom stereocenters. The van der Waals surface area contributed by atoms with E-state index in [-0.39, 0.29) is 16.8 Å². The van der Waals surface area contributed by atoms with Crippen LogP contribution in [0.4, 0.5) is 15.8 Å². The Morgan fingerprint density at radius 1 is 1.38 bits per heavy atom. The largest absolute Gasteiger partial charge is 0.378 e. The molecule has 0 saturated carbocycles. The molecule has 1 unspecified atom stereocenters. The smallest absolute Gasteiger partial charge is 0.288 e. The van der Waals surface area contributed by atoms with Crippen LogP contribution in [0, 0.1) is 22.9 Å². The first-order valence-electron chi connectivity index (χ1n) is 6.20. The van der Waals surface area contributed by atoms with E-state index in [0.29, 0.717) is 16.8 Å². The number of halogens is 2. The second kappa shape index (κ2) is 6.05. The van der Waals surface area contributed by atoms with E-state index in [2.05, 4.69) is 10.3 Å². The fourth-order valence-corrected chi connectivity index (χ4v) is 2.18. The highest BCUT2D eigenvalue weighted by Crippen LogP contribution is 2.32. The number of nitro groups is 1. The van der Waals surface area contributed by atoms with Crippen molar-refractivity contribution in [1.29, 1.82) is 0 Å². The number of aryl methyl sites for hydroxylation is 1. The number of hydrogen-bond donors (Lipinski definition) is 1. The molecule has 1 N–H and O–H groups in total. The zero-order valence-corrected chi connectivity index (χ0v) is 12.2. The van der Waals surface area contributed by atoms with Gasteiger partial charge in [-0.25, -0.2) is 4.39 Å². The Morgan fingerprint density at radius 2 is 2.10 bits per heavy atom. The predicted molar refractivity (Wildman–Crippen MR) is 79.1 cm³/mol. The van der Waals surface area contributed by atoms with Crippen LogP contribution in [-0.2, 0) is 0 Å². The normalized spacial score (nSPS) is 12.0. The molecule has 0 bridgehead atoms. The zero-order valence-electron chi connectivity index (χ0n) is 11.4.